The van der Waals surface area contributed by atoms with Crippen LogP contribution in [0.15, 0.2) is 54.6 Å². The molecule has 0 spiro atoms. The van der Waals surface area contributed by atoms with Crippen LogP contribution in [0.1, 0.15) is 32.7 Å². The van der Waals surface area contributed by atoms with E-state index in [-0.39, 0.29) is 5.91 Å². The molecule has 28 heavy (non-hydrogen) atoms. The quantitative estimate of drug-likeness (QED) is 0.842. The van der Waals surface area contributed by atoms with E-state index in [1.807, 2.05) is 11.0 Å². The molecule has 2 aliphatic heterocycles. The van der Waals surface area contributed by atoms with Gasteiger partial charge in [-0.1, -0.05) is 30.3 Å². The molecule has 2 heterocycles. The Bertz CT molecular complexity index is 821. The first-order valence-corrected chi connectivity index (χ1v) is 9.90. The molecule has 2 N–H and O–H groups in total. The van der Waals surface area contributed by atoms with E-state index in [9.17, 15) is 9.59 Å². The van der Waals surface area contributed by atoms with Crippen molar-refractivity contribution in [3.05, 3.63) is 77.7 Å². The Morgan fingerprint density at radius 1 is 0.893 bits per heavy atom. The fourth-order valence-electron chi connectivity index (χ4n) is 4.40. The summed E-state index contributed by atoms with van der Waals surface area (Å²) in [7, 11) is 0. The molecule has 1 radical (unpaired) electrons. The van der Waals surface area contributed by atoms with E-state index in [4.69, 9.17) is 5.73 Å². The number of carbonyl (C=O) groups is 2. The maximum Gasteiger partial charge on any atom is 0.253 e. The zero-order valence-corrected chi connectivity index (χ0v) is 16.0. The van der Waals surface area contributed by atoms with Crippen LogP contribution in [-0.2, 0) is 0 Å². The van der Waals surface area contributed by atoms with Crippen molar-refractivity contribution in [2.24, 2.45) is 17.6 Å². The molecule has 1 unspecified atom stereocenters. The lowest BCUT2D eigenvalue weighted by Crippen LogP contribution is -2.33. The minimum atomic E-state index is -0.473. The number of primary amides is 1. The van der Waals surface area contributed by atoms with Gasteiger partial charge in [-0.05, 0) is 61.1 Å². The Balaban J connectivity index is 1.25. The third kappa shape index (κ3) is 4.09. The first kappa shape index (κ1) is 18.7. The lowest BCUT2D eigenvalue weighted by Gasteiger charge is -2.21. The molecule has 0 bridgehead atoms. The Labute approximate surface area is 166 Å². The molecule has 2 saturated heterocycles. The van der Waals surface area contributed by atoms with E-state index >= 15 is 0 Å². The van der Waals surface area contributed by atoms with Crippen LogP contribution in [0.3, 0.4) is 0 Å². The standard InChI is InChI=1S/C23H26N3O2/c24-22(27)18-8-10-19(11-9-18)23(28)26-15-20-13-25(14-21(20)16-26)12-4-7-17-5-2-1-3-6-17/h1-3,5-11,20-21H,4,12-16H2,(H2,24,27)/t20-,21?/m0/s1. The topological polar surface area (TPSA) is 66.6 Å². The van der Waals surface area contributed by atoms with Crippen LogP contribution in [0.2, 0.25) is 0 Å². The van der Waals surface area contributed by atoms with E-state index in [2.05, 4.69) is 35.6 Å². The maximum absolute atomic E-state index is 12.8. The summed E-state index contributed by atoms with van der Waals surface area (Å²) < 4.78 is 0. The third-order valence-electron chi connectivity index (χ3n) is 5.89. The number of nitrogens with zero attached hydrogens (tertiary/aromatic N) is 2. The molecule has 5 nitrogen and oxygen atoms in total. The molecule has 2 aromatic carbocycles. The van der Waals surface area contributed by atoms with Crippen LogP contribution in [-0.4, -0.2) is 54.3 Å². The van der Waals surface area contributed by atoms with Gasteiger partial charge in [-0.3, -0.25) is 9.59 Å². The summed E-state index contributed by atoms with van der Waals surface area (Å²) in [6.07, 6.45) is 3.35. The van der Waals surface area contributed by atoms with Crippen molar-refractivity contribution in [1.29, 1.82) is 0 Å². The van der Waals surface area contributed by atoms with Gasteiger partial charge in [0.15, 0.2) is 0 Å². The van der Waals surface area contributed by atoms with E-state index in [1.165, 1.54) is 5.56 Å². The largest absolute Gasteiger partial charge is 0.366 e. The molecular formula is C23H26N3O2. The van der Waals surface area contributed by atoms with Crippen molar-refractivity contribution in [2.75, 3.05) is 32.7 Å². The van der Waals surface area contributed by atoms with Gasteiger partial charge in [-0.25, -0.2) is 0 Å². The van der Waals surface area contributed by atoms with E-state index in [1.54, 1.807) is 24.3 Å². The minimum Gasteiger partial charge on any atom is -0.366 e. The summed E-state index contributed by atoms with van der Waals surface area (Å²) in [5.74, 6) is 0.699. The smallest absolute Gasteiger partial charge is 0.253 e. The van der Waals surface area contributed by atoms with Gasteiger partial charge >= 0.3 is 0 Å². The monoisotopic (exact) mass is 376 g/mol. The Hall–Kier alpha value is -2.66. The van der Waals surface area contributed by atoms with Crippen LogP contribution in [0.4, 0.5) is 0 Å². The van der Waals surface area contributed by atoms with Crippen molar-refractivity contribution in [3.63, 3.8) is 0 Å². The van der Waals surface area contributed by atoms with Crippen molar-refractivity contribution in [2.45, 2.75) is 6.42 Å². The molecule has 2 fully saturated rings. The number of amides is 2. The van der Waals surface area contributed by atoms with Gasteiger partial charge in [-0.15, -0.1) is 0 Å². The van der Waals surface area contributed by atoms with Crippen molar-refractivity contribution >= 4 is 11.8 Å². The van der Waals surface area contributed by atoms with Crippen LogP contribution in [0.25, 0.3) is 0 Å². The molecule has 2 atom stereocenters. The average Bonchev–Trinajstić information content (AvgIpc) is 3.27. The molecule has 2 aromatic rings. The zero-order valence-electron chi connectivity index (χ0n) is 16.0. The Morgan fingerprint density at radius 3 is 2.11 bits per heavy atom. The van der Waals surface area contributed by atoms with Gasteiger partial charge < -0.3 is 15.5 Å². The molecule has 0 aromatic heterocycles. The second-order valence-electron chi connectivity index (χ2n) is 7.83. The van der Waals surface area contributed by atoms with Crippen molar-refractivity contribution < 1.29 is 9.59 Å². The molecule has 0 aliphatic carbocycles. The SMILES string of the molecule is NC(=O)c1ccc(C(=O)N2CC3CN(CC[CH]c4ccccc4)C[C@H]3C2)cc1. The number of nitrogens with two attached hydrogens (primary N) is 1. The van der Waals surface area contributed by atoms with Crippen LogP contribution in [0.5, 0.6) is 0 Å². The highest BCUT2D eigenvalue weighted by atomic mass is 16.2. The lowest BCUT2D eigenvalue weighted by molar-refractivity contribution is 0.0773. The number of rotatable bonds is 6. The highest BCUT2D eigenvalue weighted by Gasteiger charge is 2.41. The summed E-state index contributed by atoms with van der Waals surface area (Å²) in [6, 6.07) is 17.1. The lowest BCUT2D eigenvalue weighted by atomic mass is 10.0. The van der Waals surface area contributed by atoms with E-state index in [0.717, 1.165) is 39.1 Å². The first-order valence-electron chi connectivity index (χ1n) is 9.90. The fourth-order valence-corrected chi connectivity index (χ4v) is 4.40. The minimum absolute atomic E-state index is 0.0504. The van der Waals surface area contributed by atoms with Crippen LogP contribution in [0, 0.1) is 18.3 Å². The fraction of sp³-hybridized carbons (Fsp3) is 0.348. The molecule has 5 heteroatoms. The summed E-state index contributed by atoms with van der Waals surface area (Å²) in [5, 5.41) is 0. The number of hydrogen-bond acceptors (Lipinski definition) is 3. The highest BCUT2D eigenvalue weighted by molar-refractivity contribution is 5.97. The van der Waals surface area contributed by atoms with Crippen LogP contribution >= 0.6 is 0 Å². The van der Waals surface area contributed by atoms with Gasteiger partial charge in [0.2, 0.25) is 5.91 Å². The van der Waals surface area contributed by atoms with Crippen LogP contribution < -0.4 is 5.73 Å². The Morgan fingerprint density at radius 2 is 1.50 bits per heavy atom. The summed E-state index contributed by atoms with van der Waals surface area (Å²) >= 11 is 0. The summed E-state index contributed by atoms with van der Waals surface area (Å²) in [6.45, 7) is 4.85. The molecular weight excluding hydrogens is 350 g/mol. The van der Waals surface area contributed by atoms with Gasteiger partial charge in [-0.2, -0.15) is 0 Å². The van der Waals surface area contributed by atoms with Gasteiger partial charge in [0, 0.05) is 37.3 Å². The number of hydrogen-bond donors (Lipinski definition) is 1. The van der Waals surface area contributed by atoms with Gasteiger partial charge in [0.25, 0.3) is 5.91 Å². The third-order valence-corrected chi connectivity index (χ3v) is 5.89. The van der Waals surface area contributed by atoms with Crippen molar-refractivity contribution in [1.82, 2.24) is 9.80 Å². The number of fused-ring (bicyclic) bond motifs is 1. The molecule has 4 rings (SSSR count). The van der Waals surface area contributed by atoms with Gasteiger partial charge in [0.1, 0.15) is 0 Å². The number of benzene rings is 2. The zero-order chi connectivity index (χ0) is 19.5. The molecule has 145 valence electrons. The highest BCUT2D eigenvalue weighted by Crippen LogP contribution is 2.32. The normalized spacial score (nSPS) is 21.6. The second-order valence-corrected chi connectivity index (χ2v) is 7.83. The molecule has 0 saturated carbocycles. The molecule has 2 amide bonds. The number of likely N-dealkylation sites (tertiary alicyclic amines) is 2. The predicted molar refractivity (Wildman–Crippen MR) is 109 cm³/mol. The average molecular weight is 376 g/mol. The maximum atomic E-state index is 12.8. The first-order chi connectivity index (χ1) is 13.6. The summed E-state index contributed by atoms with van der Waals surface area (Å²) in [4.78, 5) is 28.4. The number of carbonyl (C=O) groups excluding carboxylic acids is 2. The van der Waals surface area contributed by atoms with Gasteiger partial charge in [0.05, 0.1) is 0 Å². The summed E-state index contributed by atoms with van der Waals surface area (Å²) in [5.41, 5.74) is 7.60. The Kier molecular flexibility index (Phi) is 5.44. The van der Waals surface area contributed by atoms with Crippen molar-refractivity contribution in [3.8, 4) is 0 Å². The van der Waals surface area contributed by atoms with E-state index < -0.39 is 5.91 Å². The second kappa shape index (κ2) is 8.15. The predicted octanol–water partition coefficient (Wildman–Crippen LogP) is 2.43. The van der Waals surface area contributed by atoms with E-state index in [0.29, 0.717) is 23.0 Å². The molecule has 2 aliphatic rings.